The Bertz CT molecular complexity index is 653. The van der Waals surface area contributed by atoms with E-state index in [1.54, 1.807) is 0 Å². The molecular weight excluding hydrogens is 364 g/mol. The first-order valence-electron chi connectivity index (χ1n) is 6.35. The third kappa shape index (κ3) is 4.06. The van der Waals surface area contributed by atoms with Gasteiger partial charge in [-0.3, -0.25) is 4.79 Å². The summed E-state index contributed by atoms with van der Waals surface area (Å²) in [6, 6.07) is 1.06. The second kappa shape index (κ2) is 5.71. The second-order valence-electron chi connectivity index (χ2n) is 5.56. The lowest BCUT2D eigenvalue weighted by Gasteiger charge is -2.35. The highest BCUT2D eigenvalue weighted by Crippen LogP contribution is 2.27. The molecule has 118 valence electrons. The van der Waals surface area contributed by atoms with E-state index < -0.39 is 15.9 Å². The average molecular weight is 381 g/mol. The van der Waals surface area contributed by atoms with Gasteiger partial charge in [0, 0.05) is 18.7 Å². The maximum atomic E-state index is 12.1. The van der Waals surface area contributed by atoms with Crippen LogP contribution in [0.5, 0.6) is 0 Å². The van der Waals surface area contributed by atoms with Crippen molar-refractivity contribution >= 4 is 31.9 Å². The Morgan fingerprint density at radius 1 is 1.52 bits per heavy atom. The van der Waals surface area contributed by atoms with E-state index in [1.807, 2.05) is 13.8 Å². The molecule has 1 fully saturated rings. The van der Waals surface area contributed by atoms with Crippen molar-refractivity contribution in [2.24, 2.45) is 5.14 Å². The van der Waals surface area contributed by atoms with Crippen LogP contribution < -0.4 is 10.5 Å². The number of primary sulfonamides is 1. The second-order valence-corrected chi connectivity index (χ2v) is 7.82. The van der Waals surface area contributed by atoms with Crippen molar-refractivity contribution in [2.45, 2.75) is 43.2 Å². The molecule has 0 spiro atoms. The number of rotatable bonds is 3. The Morgan fingerprint density at radius 3 is 2.71 bits per heavy atom. The minimum absolute atomic E-state index is 0.0527. The van der Waals surface area contributed by atoms with Crippen LogP contribution in [0.3, 0.4) is 0 Å². The molecule has 0 aromatic carbocycles. The fourth-order valence-corrected chi connectivity index (χ4v) is 3.77. The zero-order chi connectivity index (χ0) is 15.8. The fourth-order valence-electron chi connectivity index (χ4n) is 2.27. The quantitative estimate of drug-likeness (QED) is 0.822. The zero-order valence-corrected chi connectivity index (χ0v) is 14.1. The van der Waals surface area contributed by atoms with E-state index in [0.717, 1.165) is 6.07 Å². The number of carbonyl (C=O) groups is 1. The molecule has 7 nitrogen and oxygen atoms in total. The number of sulfonamides is 1. The van der Waals surface area contributed by atoms with E-state index in [1.165, 1.54) is 0 Å². The van der Waals surface area contributed by atoms with Crippen LogP contribution in [0.4, 0.5) is 0 Å². The Hall–Kier alpha value is -0.900. The number of hydrogen-bond donors (Lipinski definition) is 2. The largest absolute Gasteiger partial charge is 0.443 e. The van der Waals surface area contributed by atoms with E-state index in [2.05, 4.69) is 21.2 Å². The highest BCUT2D eigenvalue weighted by atomic mass is 79.9. The minimum atomic E-state index is -3.94. The summed E-state index contributed by atoms with van der Waals surface area (Å²) in [5, 5.41) is 7.84. The molecule has 2 rings (SSSR count). The topological polar surface area (TPSA) is 112 Å². The SMILES string of the molecule is CC1(C)CC(NC(=O)c2cc(S(N)(=O)=O)c(Br)o2)CCO1. The number of amides is 1. The van der Waals surface area contributed by atoms with E-state index in [4.69, 9.17) is 14.3 Å². The molecule has 0 bridgehead atoms. The molecule has 2 heterocycles. The molecule has 9 heteroatoms. The van der Waals surface area contributed by atoms with Gasteiger partial charge in [0.1, 0.15) is 4.90 Å². The number of nitrogens with one attached hydrogen (secondary N) is 1. The summed E-state index contributed by atoms with van der Waals surface area (Å²) in [6.45, 7) is 4.46. The summed E-state index contributed by atoms with van der Waals surface area (Å²) >= 11 is 2.94. The first-order valence-corrected chi connectivity index (χ1v) is 8.69. The monoisotopic (exact) mass is 380 g/mol. The van der Waals surface area contributed by atoms with Gasteiger partial charge in [-0.15, -0.1) is 0 Å². The smallest absolute Gasteiger partial charge is 0.287 e. The lowest BCUT2D eigenvalue weighted by molar-refractivity contribution is -0.0616. The van der Waals surface area contributed by atoms with Gasteiger partial charge in [-0.1, -0.05) is 0 Å². The molecule has 1 aliphatic rings. The molecular formula is C12H17BrN2O5S. The van der Waals surface area contributed by atoms with Gasteiger partial charge in [0.05, 0.1) is 5.60 Å². The van der Waals surface area contributed by atoms with Crippen molar-refractivity contribution in [3.05, 3.63) is 16.5 Å². The first kappa shape index (κ1) is 16.5. The molecule has 3 N–H and O–H groups in total. The summed E-state index contributed by atoms with van der Waals surface area (Å²) in [4.78, 5) is 11.9. The molecule has 1 unspecified atom stereocenters. The molecule has 0 radical (unpaired) electrons. The Balaban J connectivity index is 2.11. The molecule has 0 saturated carbocycles. The zero-order valence-electron chi connectivity index (χ0n) is 11.7. The van der Waals surface area contributed by atoms with Crippen LogP contribution in [0.25, 0.3) is 0 Å². The van der Waals surface area contributed by atoms with Crippen molar-refractivity contribution in [2.75, 3.05) is 6.61 Å². The number of carbonyl (C=O) groups excluding carboxylic acids is 1. The van der Waals surface area contributed by atoms with Crippen LogP contribution >= 0.6 is 15.9 Å². The average Bonchev–Trinajstić information content (AvgIpc) is 2.69. The van der Waals surface area contributed by atoms with Gasteiger partial charge in [0.25, 0.3) is 5.91 Å². The maximum absolute atomic E-state index is 12.1. The van der Waals surface area contributed by atoms with Crippen LogP contribution in [-0.4, -0.2) is 32.6 Å². The molecule has 1 amide bonds. The van der Waals surface area contributed by atoms with Crippen molar-refractivity contribution in [3.63, 3.8) is 0 Å². The lowest BCUT2D eigenvalue weighted by atomic mass is 9.94. The van der Waals surface area contributed by atoms with Crippen molar-refractivity contribution in [1.82, 2.24) is 5.32 Å². The van der Waals surface area contributed by atoms with Gasteiger partial charge in [-0.2, -0.15) is 0 Å². The van der Waals surface area contributed by atoms with Crippen molar-refractivity contribution in [1.29, 1.82) is 0 Å². The number of ether oxygens (including phenoxy) is 1. The summed E-state index contributed by atoms with van der Waals surface area (Å²) < 4.78 is 33.2. The third-order valence-corrected chi connectivity index (χ3v) is 4.99. The molecule has 1 saturated heterocycles. The standard InChI is InChI=1S/C12H17BrN2O5S/c1-12(2)6-7(3-4-19-12)15-11(16)8-5-9(10(13)20-8)21(14,17)18/h5,7H,3-4,6H2,1-2H3,(H,15,16)(H2,14,17,18). The first-order chi connectivity index (χ1) is 9.58. The fraction of sp³-hybridized carbons (Fsp3) is 0.583. The van der Waals surface area contributed by atoms with Crippen LogP contribution in [0, 0.1) is 0 Å². The molecule has 1 aromatic heterocycles. The number of nitrogens with two attached hydrogens (primary N) is 1. The molecule has 0 aliphatic carbocycles. The normalized spacial score (nSPS) is 22.0. The predicted molar refractivity (Wildman–Crippen MR) is 78.3 cm³/mol. The number of hydrogen-bond acceptors (Lipinski definition) is 5. The van der Waals surface area contributed by atoms with Crippen LogP contribution in [-0.2, 0) is 14.8 Å². The van der Waals surface area contributed by atoms with Gasteiger partial charge in [0.2, 0.25) is 10.0 Å². The van der Waals surface area contributed by atoms with Gasteiger partial charge in [-0.25, -0.2) is 13.6 Å². The van der Waals surface area contributed by atoms with E-state index in [-0.39, 0.29) is 27.0 Å². The van der Waals surface area contributed by atoms with Crippen LogP contribution in [0.2, 0.25) is 0 Å². The lowest BCUT2D eigenvalue weighted by Crippen LogP contribution is -2.45. The maximum Gasteiger partial charge on any atom is 0.287 e. The van der Waals surface area contributed by atoms with Gasteiger partial charge in [-0.05, 0) is 42.6 Å². The molecule has 1 aromatic rings. The van der Waals surface area contributed by atoms with Gasteiger partial charge in [0.15, 0.2) is 10.4 Å². The van der Waals surface area contributed by atoms with Crippen molar-refractivity contribution < 1.29 is 22.4 Å². The summed E-state index contributed by atoms with van der Waals surface area (Å²) in [5.74, 6) is -0.580. The third-order valence-electron chi connectivity index (χ3n) is 3.22. The predicted octanol–water partition coefficient (Wildman–Crippen LogP) is 1.38. The van der Waals surface area contributed by atoms with Crippen LogP contribution in [0.15, 0.2) is 20.0 Å². The Morgan fingerprint density at radius 2 is 2.19 bits per heavy atom. The van der Waals surface area contributed by atoms with Gasteiger partial charge >= 0.3 is 0 Å². The summed E-state index contributed by atoms with van der Waals surface area (Å²) in [7, 11) is -3.94. The van der Waals surface area contributed by atoms with E-state index >= 15 is 0 Å². The van der Waals surface area contributed by atoms with Crippen molar-refractivity contribution in [3.8, 4) is 0 Å². The highest BCUT2D eigenvalue weighted by molar-refractivity contribution is 9.10. The highest BCUT2D eigenvalue weighted by Gasteiger charge is 2.31. The number of furan rings is 1. The van der Waals surface area contributed by atoms with E-state index in [9.17, 15) is 13.2 Å². The van der Waals surface area contributed by atoms with Crippen LogP contribution in [0.1, 0.15) is 37.2 Å². The molecule has 1 aliphatic heterocycles. The summed E-state index contributed by atoms with van der Waals surface area (Å²) in [6.07, 6.45) is 1.36. The number of halogens is 1. The Labute approximate surface area is 131 Å². The minimum Gasteiger partial charge on any atom is -0.443 e. The summed E-state index contributed by atoms with van der Waals surface area (Å²) in [5.41, 5.74) is -0.300. The molecule has 1 atom stereocenters. The van der Waals surface area contributed by atoms with Gasteiger partial charge < -0.3 is 14.5 Å². The van der Waals surface area contributed by atoms with E-state index in [0.29, 0.717) is 19.4 Å². The Kier molecular flexibility index (Phi) is 4.48. The molecule has 21 heavy (non-hydrogen) atoms.